The van der Waals surface area contributed by atoms with Crippen LogP contribution in [0, 0.1) is 0 Å². The topological polar surface area (TPSA) is 58.9 Å². The van der Waals surface area contributed by atoms with Crippen molar-refractivity contribution in [2.75, 3.05) is 13.2 Å². The maximum atomic E-state index is 10.2. The van der Waals surface area contributed by atoms with E-state index in [2.05, 4.69) is 16.3 Å². The molecule has 0 radical (unpaired) electrons. The number of hydrogen-bond acceptors (Lipinski definition) is 3. The monoisotopic (exact) mass is 255 g/mol. The van der Waals surface area contributed by atoms with Gasteiger partial charge in [-0.05, 0) is 19.3 Å². The minimum absolute atomic E-state index is 0.326. The van der Waals surface area contributed by atoms with E-state index in [0.29, 0.717) is 6.42 Å². The molecule has 0 aliphatic carbocycles. The van der Waals surface area contributed by atoms with Gasteiger partial charge >= 0.3 is 5.97 Å². The van der Waals surface area contributed by atoms with Gasteiger partial charge in [-0.15, -0.1) is 6.58 Å². The second-order valence-electron chi connectivity index (χ2n) is 4.22. The highest BCUT2D eigenvalue weighted by atomic mass is 16.5. The van der Waals surface area contributed by atoms with Gasteiger partial charge in [0.1, 0.15) is 6.61 Å². The first kappa shape index (κ1) is 16.7. The molecule has 0 bridgehead atoms. The zero-order valence-electron chi connectivity index (χ0n) is 11.1. The maximum Gasteiger partial charge on any atom is 0.303 e. The molecule has 18 heavy (non-hydrogen) atoms. The van der Waals surface area contributed by atoms with E-state index in [9.17, 15) is 4.79 Å². The van der Waals surface area contributed by atoms with Crippen molar-refractivity contribution in [3.63, 3.8) is 0 Å². The van der Waals surface area contributed by atoms with Crippen molar-refractivity contribution >= 4 is 12.4 Å². The number of rotatable bonds is 9. The molecule has 0 saturated heterocycles. The molecule has 4 heteroatoms. The van der Waals surface area contributed by atoms with Gasteiger partial charge in [0.15, 0.2) is 6.40 Å². The number of aliphatic carboxylic acids is 1. The lowest BCUT2D eigenvalue weighted by molar-refractivity contribution is -0.137. The molecule has 0 aromatic rings. The first-order valence-corrected chi connectivity index (χ1v) is 6.70. The Morgan fingerprint density at radius 1 is 1.28 bits per heavy atom. The highest BCUT2D eigenvalue weighted by molar-refractivity contribution is 5.66. The first-order valence-electron chi connectivity index (χ1n) is 6.70. The molecule has 1 aliphatic rings. The quantitative estimate of drug-likeness (QED) is 0.507. The van der Waals surface area contributed by atoms with Crippen molar-refractivity contribution in [2.24, 2.45) is 4.99 Å². The molecule has 1 aliphatic heterocycles. The van der Waals surface area contributed by atoms with Gasteiger partial charge in [-0.3, -0.25) is 9.79 Å². The van der Waals surface area contributed by atoms with E-state index < -0.39 is 5.97 Å². The molecular formula is C14H25NO3. The molecule has 0 atom stereocenters. The van der Waals surface area contributed by atoms with Crippen molar-refractivity contribution in [3.8, 4) is 0 Å². The fourth-order valence-electron chi connectivity index (χ4n) is 1.54. The zero-order valence-corrected chi connectivity index (χ0v) is 11.1. The Balaban J connectivity index is 0.000000473. The van der Waals surface area contributed by atoms with Crippen molar-refractivity contribution in [1.82, 2.24) is 0 Å². The van der Waals surface area contributed by atoms with Gasteiger partial charge in [0.2, 0.25) is 0 Å². The molecule has 0 spiro atoms. The minimum Gasteiger partial charge on any atom is -0.482 e. The molecule has 0 amide bonds. The van der Waals surface area contributed by atoms with Crippen LogP contribution in [-0.4, -0.2) is 30.6 Å². The molecular weight excluding hydrogens is 230 g/mol. The Morgan fingerprint density at radius 3 is 2.39 bits per heavy atom. The summed E-state index contributed by atoms with van der Waals surface area (Å²) < 4.78 is 4.65. The lowest BCUT2D eigenvalue weighted by atomic mass is 10.1. The van der Waals surface area contributed by atoms with Gasteiger partial charge in [-0.25, -0.2) is 0 Å². The Labute approximate surface area is 110 Å². The average Bonchev–Trinajstić information content (AvgIpc) is 2.91. The Hall–Kier alpha value is -1.32. The molecule has 0 saturated carbocycles. The number of carboxylic acid groups (broad SMARTS) is 1. The number of hydrogen-bond donors (Lipinski definition) is 1. The normalized spacial score (nSPS) is 12.4. The molecule has 4 nitrogen and oxygen atoms in total. The third-order valence-corrected chi connectivity index (χ3v) is 2.54. The van der Waals surface area contributed by atoms with Crippen LogP contribution in [0.1, 0.15) is 51.4 Å². The predicted octanol–water partition coefficient (Wildman–Crippen LogP) is 3.42. The smallest absolute Gasteiger partial charge is 0.303 e. The van der Waals surface area contributed by atoms with Crippen LogP contribution in [0.25, 0.3) is 0 Å². The third-order valence-electron chi connectivity index (χ3n) is 2.54. The average molecular weight is 255 g/mol. The van der Waals surface area contributed by atoms with Gasteiger partial charge in [0.05, 0.1) is 6.54 Å². The molecule has 0 unspecified atom stereocenters. The predicted molar refractivity (Wildman–Crippen MR) is 74.1 cm³/mol. The molecule has 0 fully saturated rings. The summed E-state index contributed by atoms with van der Waals surface area (Å²) >= 11 is 0. The highest BCUT2D eigenvalue weighted by Crippen LogP contribution is 2.08. The summed E-state index contributed by atoms with van der Waals surface area (Å²) in [6.45, 7) is 5.29. The highest BCUT2D eigenvalue weighted by Gasteiger charge is 1.95. The van der Waals surface area contributed by atoms with Gasteiger partial charge in [0, 0.05) is 6.42 Å². The summed E-state index contributed by atoms with van der Waals surface area (Å²) in [7, 11) is 0. The largest absolute Gasteiger partial charge is 0.482 e. The van der Waals surface area contributed by atoms with Gasteiger partial charge in [0.25, 0.3) is 0 Å². The number of carbonyl (C=O) groups is 1. The van der Waals surface area contributed by atoms with Gasteiger partial charge in [-0.2, -0.15) is 0 Å². The van der Waals surface area contributed by atoms with Crippen LogP contribution in [0.3, 0.4) is 0 Å². The zero-order chi connectivity index (χ0) is 13.5. The van der Waals surface area contributed by atoms with E-state index >= 15 is 0 Å². The van der Waals surface area contributed by atoms with Crippen LogP contribution < -0.4 is 0 Å². The van der Waals surface area contributed by atoms with Crippen molar-refractivity contribution < 1.29 is 14.6 Å². The van der Waals surface area contributed by atoms with E-state index in [0.717, 1.165) is 32.4 Å². The fraction of sp³-hybridized carbons (Fsp3) is 0.714. The van der Waals surface area contributed by atoms with Crippen LogP contribution in [-0.2, 0) is 9.53 Å². The number of ether oxygens (including phenoxy) is 1. The number of nitrogens with zero attached hydrogens (tertiary/aromatic N) is 1. The van der Waals surface area contributed by atoms with E-state index in [1.54, 1.807) is 0 Å². The van der Waals surface area contributed by atoms with Crippen LogP contribution in [0.15, 0.2) is 17.6 Å². The lowest BCUT2D eigenvalue weighted by Crippen LogP contribution is -1.93. The molecule has 1 N–H and O–H groups in total. The van der Waals surface area contributed by atoms with Crippen LogP contribution in [0.5, 0.6) is 0 Å². The summed E-state index contributed by atoms with van der Waals surface area (Å²) in [6.07, 6.45) is 11.6. The molecule has 0 aromatic carbocycles. The van der Waals surface area contributed by atoms with Gasteiger partial charge in [-0.1, -0.05) is 31.8 Å². The summed E-state index contributed by atoms with van der Waals surface area (Å²) in [5, 5.41) is 8.38. The first-order chi connectivity index (χ1) is 8.77. The summed E-state index contributed by atoms with van der Waals surface area (Å²) in [5.74, 6) is -0.674. The Morgan fingerprint density at radius 2 is 1.94 bits per heavy atom. The Kier molecular flexibility index (Phi) is 12.7. The van der Waals surface area contributed by atoms with Crippen LogP contribution in [0.2, 0.25) is 0 Å². The van der Waals surface area contributed by atoms with Crippen molar-refractivity contribution in [1.29, 1.82) is 0 Å². The summed E-state index contributed by atoms with van der Waals surface area (Å²) in [4.78, 5) is 13.9. The van der Waals surface area contributed by atoms with Gasteiger partial charge < -0.3 is 9.84 Å². The SMILES string of the molecule is C1=NCCO1.C=CCCCCCCCCC(=O)O. The third kappa shape index (κ3) is 14.7. The van der Waals surface area contributed by atoms with Crippen LogP contribution >= 0.6 is 0 Å². The van der Waals surface area contributed by atoms with Crippen LogP contribution in [0.4, 0.5) is 0 Å². The Bertz CT molecular complexity index is 233. The number of carboxylic acids is 1. The fourth-order valence-corrected chi connectivity index (χ4v) is 1.54. The second-order valence-corrected chi connectivity index (χ2v) is 4.22. The summed E-state index contributed by atoms with van der Waals surface area (Å²) in [6, 6.07) is 0. The van der Waals surface area contributed by atoms with E-state index in [1.807, 2.05) is 6.08 Å². The number of allylic oxidation sites excluding steroid dienone is 1. The molecule has 0 aromatic heterocycles. The maximum absolute atomic E-state index is 10.2. The number of unbranched alkanes of at least 4 members (excludes halogenated alkanes) is 6. The van der Waals surface area contributed by atoms with Crippen molar-refractivity contribution in [3.05, 3.63) is 12.7 Å². The molecule has 1 rings (SSSR count). The minimum atomic E-state index is -0.674. The van der Waals surface area contributed by atoms with E-state index in [1.165, 1.54) is 32.1 Å². The molecule has 104 valence electrons. The van der Waals surface area contributed by atoms with E-state index in [4.69, 9.17) is 5.11 Å². The standard InChI is InChI=1S/C11H20O2.C3H5NO/c1-2-3-4-5-6-7-8-9-10-11(12)13;1-2-5-3-4-1/h2H,1,3-10H2,(H,12,13);3H,1-2H2. The second kappa shape index (κ2) is 13.7. The van der Waals surface area contributed by atoms with E-state index in [-0.39, 0.29) is 0 Å². The van der Waals surface area contributed by atoms with Crippen molar-refractivity contribution in [2.45, 2.75) is 51.4 Å². The molecule has 1 heterocycles. The summed E-state index contributed by atoms with van der Waals surface area (Å²) in [5.41, 5.74) is 0. The number of aliphatic imine (C=N–C) groups is 1. The lowest BCUT2D eigenvalue weighted by Gasteiger charge is -1.98.